The first-order chi connectivity index (χ1) is 9.49. The van der Waals surface area contributed by atoms with E-state index in [1.807, 2.05) is 0 Å². The molecule has 1 heterocycles. The molecule has 6 nitrogen and oxygen atoms in total. The SMILES string of the molecule is C=C[C@@H](Cn1c([N+](=O)[O-])cnc1Br)O[Si](C)(C)C(C)(C)C. The van der Waals surface area contributed by atoms with Gasteiger partial charge in [-0.15, -0.1) is 6.58 Å². The van der Waals surface area contributed by atoms with Gasteiger partial charge in [-0.05, 0) is 23.1 Å². The van der Waals surface area contributed by atoms with E-state index in [2.05, 4.69) is 61.4 Å². The van der Waals surface area contributed by atoms with Crippen molar-refractivity contribution in [3.05, 3.63) is 33.7 Å². The highest BCUT2D eigenvalue weighted by molar-refractivity contribution is 9.10. The molecular formula is C13H22BrN3O3Si. The molecule has 0 saturated heterocycles. The number of hydrogen-bond acceptors (Lipinski definition) is 4. The fourth-order valence-corrected chi connectivity index (χ4v) is 3.26. The van der Waals surface area contributed by atoms with Crippen LogP contribution in [-0.2, 0) is 11.0 Å². The molecule has 0 amide bonds. The lowest BCUT2D eigenvalue weighted by Gasteiger charge is -2.38. The molecule has 0 spiro atoms. The number of nitro groups is 1. The van der Waals surface area contributed by atoms with Crippen molar-refractivity contribution in [1.82, 2.24) is 9.55 Å². The average Bonchev–Trinajstić information content (AvgIpc) is 2.68. The molecule has 0 aromatic carbocycles. The molecule has 118 valence electrons. The number of nitrogens with zero attached hydrogens (tertiary/aromatic N) is 3. The number of aromatic nitrogens is 2. The molecule has 0 aliphatic carbocycles. The third kappa shape index (κ3) is 4.24. The third-order valence-corrected chi connectivity index (χ3v) is 8.99. The molecule has 21 heavy (non-hydrogen) atoms. The predicted molar refractivity (Wildman–Crippen MR) is 88.8 cm³/mol. The molecule has 0 N–H and O–H groups in total. The quantitative estimate of drug-likeness (QED) is 0.324. The van der Waals surface area contributed by atoms with Crippen molar-refractivity contribution in [3.63, 3.8) is 0 Å². The molecule has 0 aliphatic heterocycles. The van der Waals surface area contributed by atoms with Crippen LogP contribution < -0.4 is 0 Å². The molecule has 0 radical (unpaired) electrons. The van der Waals surface area contributed by atoms with Gasteiger partial charge in [0.25, 0.3) is 4.73 Å². The van der Waals surface area contributed by atoms with E-state index in [1.54, 1.807) is 6.08 Å². The Morgan fingerprint density at radius 3 is 2.62 bits per heavy atom. The van der Waals surface area contributed by atoms with E-state index < -0.39 is 13.2 Å². The van der Waals surface area contributed by atoms with Crippen LogP contribution in [0, 0.1) is 10.1 Å². The zero-order chi connectivity index (χ0) is 16.4. The van der Waals surface area contributed by atoms with Crippen LogP contribution in [-0.4, -0.2) is 28.9 Å². The first-order valence-corrected chi connectivity index (χ1v) is 10.4. The Kier molecular flexibility index (Phi) is 5.51. The van der Waals surface area contributed by atoms with E-state index in [0.29, 0.717) is 11.3 Å². The van der Waals surface area contributed by atoms with E-state index in [9.17, 15) is 10.1 Å². The van der Waals surface area contributed by atoms with Gasteiger partial charge in [0, 0.05) is 15.9 Å². The predicted octanol–water partition coefficient (Wildman–Crippen LogP) is 4.13. The molecule has 1 atom stereocenters. The first-order valence-electron chi connectivity index (χ1n) is 6.65. The molecule has 0 unspecified atom stereocenters. The Labute approximate surface area is 134 Å². The molecule has 1 aromatic rings. The second-order valence-corrected chi connectivity index (χ2v) is 11.9. The van der Waals surface area contributed by atoms with Gasteiger partial charge in [0.15, 0.2) is 8.32 Å². The van der Waals surface area contributed by atoms with Gasteiger partial charge in [0.2, 0.25) is 0 Å². The normalized spacial score (nSPS) is 14.0. The molecule has 0 aliphatic rings. The Morgan fingerprint density at radius 2 is 2.19 bits per heavy atom. The third-order valence-electron chi connectivity index (χ3n) is 3.85. The zero-order valence-electron chi connectivity index (χ0n) is 13.1. The van der Waals surface area contributed by atoms with E-state index in [1.165, 1.54) is 10.8 Å². The summed E-state index contributed by atoms with van der Waals surface area (Å²) in [5.74, 6) is -0.0624. The lowest BCUT2D eigenvalue weighted by Crippen LogP contribution is -2.44. The number of hydrogen-bond donors (Lipinski definition) is 0. The Hall–Kier alpha value is -0.993. The maximum atomic E-state index is 11.0. The van der Waals surface area contributed by atoms with E-state index >= 15 is 0 Å². The van der Waals surface area contributed by atoms with Crippen LogP contribution in [0.25, 0.3) is 0 Å². The lowest BCUT2D eigenvalue weighted by atomic mass is 10.2. The van der Waals surface area contributed by atoms with Crippen molar-refractivity contribution >= 4 is 30.1 Å². The van der Waals surface area contributed by atoms with Gasteiger partial charge in [-0.3, -0.25) is 0 Å². The van der Waals surface area contributed by atoms with Crippen molar-refractivity contribution in [2.75, 3.05) is 0 Å². The maximum absolute atomic E-state index is 11.0. The molecule has 0 bridgehead atoms. The summed E-state index contributed by atoms with van der Waals surface area (Å²) in [6, 6.07) is 0. The van der Waals surface area contributed by atoms with Crippen LogP contribution in [0.5, 0.6) is 0 Å². The smallest absolute Gasteiger partial charge is 0.343 e. The second kappa shape index (κ2) is 6.41. The Bertz CT molecular complexity index is 537. The summed E-state index contributed by atoms with van der Waals surface area (Å²) in [5.41, 5.74) is 0. The van der Waals surface area contributed by atoms with Crippen molar-refractivity contribution in [2.24, 2.45) is 0 Å². The van der Waals surface area contributed by atoms with Crippen molar-refractivity contribution < 1.29 is 9.35 Å². The number of rotatable bonds is 6. The van der Waals surface area contributed by atoms with Gasteiger partial charge < -0.3 is 14.5 Å². The molecule has 0 saturated carbocycles. The lowest BCUT2D eigenvalue weighted by molar-refractivity contribution is -0.392. The highest BCUT2D eigenvalue weighted by Crippen LogP contribution is 2.37. The highest BCUT2D eigenvalue weighted by atomic mass is 79.9. The van der Waals surface area contributed by atoms with Crippen molar-refractivity contribution in [1.29, 1.82) is 0 Å². The molecule has 8 heteroatoms. The van der Waals surface area contributed by atoms with Crippen LogP contribution in [0.1, 0.15) is 20.8 Å². The second-order valence-electron chi connectivity index (χ2n) is 6.41. The van der Waals surface area contributed by atoms with Crippen LogP contribution in [0.4, 0.5) is 5.82 Å². The Balaban J connectivity index is 2.97. The minimum absolute atomic E-state index is 0.0619. The van der Waals surface area contributed by atoms with Crippen LogP contribution in [0.3, 0.4) is 0 Å². The van der Waals surface area contributed by atoms with E-state index in [0.717, 1.165) is 0 Å². The van der Waals surface area contributed by atoms with Gasteiger partial charge in [0.05, 0.1) is 0 Å². The van der Waals surface area contributed by atoms with E-state index in [-0.39, 0.29) is 17.0 Å². The fraction of sp³-hybridized carbons (Fsp3) is 0.615. The summed E-state index contributed by atoms with van der Waals surface area (Å²) in [6.07, 6.45) is 2.63. The summed E-state index contributed by atoms with van der Waals surface area (Å²) >= 11 is 3.23. The topological polar surface area (TPSA) is 70.2 Å². The monoisotopic (exact) mass is 375 g/mol. The molecule has 1 rings (SSSR count). The van der Waals surface area contributed by atoms with Crippen LogP contribution >= 0.6 is 15.9 Å². The van der Waals surface area contributed by atoms with Crippen molar-refractivity contribution in [3.8, 4) is 0 Å². The molecular weight excluding hydrogens is 354 g/mol. The maximum Gasteiger partial charge on any atom is 0.343 e. The van der Waals surface area contributed by atoms with Crippen molar-refractivity contribution in [2.45, 2.75) is 51.6 Å². The van der Waals surface area contributed by atoms with Crippen LogP contribution in [0.2, 0.25) is 18.1 Å². The summed E-state index contributed by atoms with van der Waals surface area (Å²) in [5, 5.41) is 11.1. The summed E-state index contributed by atoms with van der Waals surface area (Å²) < 4.78 is 8.15. The molecule has 1 aromatic heterocycles. The standard InChI is InChI=1S/C13H22BrN3O3Si/c1-7-10(20-21(5,6)13(2,3)4)9-16-11(17(18)19)8-15-12(16)14/h7-8,10H,1,9H2,2-6H3/t10-/m0/s1. The van der Waals surface area contributed by atoms with Gasteiger partial charge in [0.1, 0.15) is 18.8 Å². The van der Waals surface area contributed by atoms with Gasteiger partial charge in [-0.1, -0.05) is 26.8 Å². The zero-order valence-corrected chi connectivity index (χ0v) is 15.7. The van der Waals surface area contributed by atoms with Gasteiger partial charge >= 0.3 is 5.82 Å². The summed E-state index contributed by atoms with van der Waals surface area (Å²) in [7, 11) is -1.97. The largest absolute Gasteiger partial charge is 0.407 e. The number of imidazole rings is 1. The minimum atomic E-state index is -1.97. The Morgan fingerprint density at radius 1 is 1.62 bits per heavy atom. The highest BCUT2D eigenvalue weighted by Gasteiger charge is 2.39. The molecule has 0 fully saturated rings. The number of halogens is 1. The summed E-state index contributed by atoms with van der Waals surface area (Å²) in [6.45, 7) is 14.8. The first kappa shape index (κ1) is 18.1. The average molecular weight is 376 g/mol. The van der Waals surface area contributed by atoms with E-state index in [4.69, 9.17) is 4.43 Å². The van der Waals surface area contributed by atoms with Gasteiger partial charge in [-0.25, -0.2) is 4.98 Å². The van der Waals surface area contributed by atoms with Crippen LogP contribution in [0.15, 0.2) is 23.6 Å². The minimum Gasteiger partial charge on any atom is -0.407 e. The van der Waals surface area contributed by atoms with Gasteiger partial charge in [-0.2, -0.15) is 4.57 Å². The fourth-order valence-electron chi connectivity index (χ4n) is 1.55. The summed E-state index contributed by atoms with van der Waals surface area (Å²) in [4.78, 5) is 14.5.